The summed E-state index contributed by atoms with van der Waals surface area (Å²) in [6.45, 7) is 5.81. The molecule has 2 N–H and O–H groups in total. The first kappa shape index (κ1) is 24.5. The highest BCUT2D eigenvalue weighted by atomic mass is 31.2. The molecule has 0 bridgehead atoms. The molecule has 0 saturated carbocycles. The van der Waals surface area contributed by atoms with Crippen molar-refractivity contribution in [1.82, 2.24) is 0 Å². The van der Waals surface area contributed by atoms with Gasteiger partial charge in [0, 0.05) is 0 Å². The second-order valence-electron chi connectivity index (χ2n) is 5.16. The largest absolute Gasteiger partial charge is 0.478 e. The van der Waals surface area contributed by atoms with Crippen LogP contribution in [-0.4, -0.2) is 48.6 Å². The Morgan fingerprint density at radius 2 is 0.964 bits per heavy atom. The Balaban J connectivity index is 3.92. The molecule has 0 aliphatic carbocycles. The van der Waals surface area contributed by atoms with Crippen molar-refractivity contribution in [1.29, 1.82) is 0 Å². The maximum Gasteiger partial charge on any atom is 0.362 e. The van der Waals surface area contributed by atoms with Gasteiger partial charge in [0.15, 0.2) is 0 Å². The van der Waals surface area contributed by atoms with Crippen molar-refractivity contribution in [3.63, 3.8) is 0 Å². The molecule has 1 rings (SSSR count). The number of hydrogen-bond acceptors (Lipinski definition) is 8. The molecule has 0 spiro atoms. The first-order valence-electron chi connectivity index (χ1n) is 8.54. The standard InChI is InChI=1S/C16H24O10P2/c1-5-23-27(21,24-6-2)13-9-12(16(19)20)14(10-11(13)15(17)18)28(22,25-7-3)26-8-4/h9-10H,5-8H2,1-4H3,(H,17,18)(H,19,20). The highest BCUT2D eigenvalue weighted by Gasteiger charge is 2.39. The van der Waals surface area contributed by atoms with Crippen LogP contribution in [-0.2, 0) is 27.2 Å². The Hall–Kier alpha value is -1.54. The van der Waals surface area contributed by atoms with E-state index in [9.17, 15) is 28.9 Å². The van der Waals surface area contributed by atoms with Crippen LogP contribution in [0.2, 0.25) is 0 Å². The molecule has 0 aliphatic heterocycles. The van der Waals surface area contributed by atoms with Crippen molar-refractivity contribution in [2.45, 2.75) is 27.7 Å². The van der Waals surface area contributed by atoms with E-state index in [1.54, 1.807) is 0 Å². The lowest BCUT2D eigenvalue weighted by atomic mass is 10.1. The fourth-order valence-corrected chi connectivity index (χ4v) is 5.96. The second kappa shape index (κ2) is 10.3. The maximum absolute atomic E-state index is 13.1. The van der Waals surface area contributed by atoms with Crippen LogP contribution in [0.4, 0.5) is 0 Å². The van der Waals surface area contributed by atoms with Gasteiger partial charge < -0.3 is 28.3 Å². The van der Waals surface area contributed by atoms with Gasteiger partial charge in [-0.2, -0.15) is 0 Å². The molecule has 0 fully saturated rings. The third kappa shape index (κ3) is 5.29. The normalized spacial score (nSPS) is 12.1. The van der Waals surface area contributed by atoms with Gasteiger partial charge in [-0.15, -0.1) is 0 Å². The van der Waals surface area contributed by atoms with E-state index in [1.807, 2.05) is 0 Å². The summed E-state index contributed by atoms with van der Waals surface area (Å²) >= 11 is 0. The van der Waals surface area contributed by atoms with Gasteiger partial charge >= 0.3 is 27.1 Å². The van der Waals surface area contributed by atoms with E-state index in [-0.39, 0.29) is 26.4 Å². The lowest BCUT2D eigenvalue weighted by Crippen LogP contribution is -2.28. The summed E-state index contributed by atoms with van der Waals surface area (Å²) in [6, 6.07) is 1.66. The lowest BCUT2D eigenvalue weighted by Gasteiger charge is -2.23. The zero-order valence-corrected chi connectivity index (χ0v) is 17.8. The van der Waals surface area contributed by atoms with Gasteiger partial charge in [0.1, 0.15) is 0 Å². The molecule has 0 aromatic heterocycles. The summed E-state index contributed by atoms with van der Waals surface area (Å²) in [4.78, 5) is 23.6. The van der Waals surface area contributed by atoms with E-state index < -0.39 is 48.9 Å². The monoisotopic (exact) mass is 438 g/mol. The smallest absolute Gasteiger partial charge is 0.362 e. The van der Waals surface area contributed by atoms with Gasteiger partial charge in [-0.25, -0.2) is 9.59 Å². The van der Waals surface area contributed by atoms with Crippen molar-refractivity contribution >= 4 is 37.7 Å². The van der Waals surface area contributed by atoms with Crippen molar-refractivity contribution < 1.29 is 47.0 Å². The zero-order valence-electron chi connectivity index (χ0n) is 16.0. The fraction of sp³-hybridized carbons (Fsp3) is 0.500. The topological polar surface area (TPSA) is 146 Å². The number of hydrogen-bond donors (Lipinski definition) is 2. The Morgan fingerprint density at radius 3 is 1.14 bits per heavy atom. The third-order valence-corrected chi connectivity index (χ3v) is 7.67. The first-order valence-corrected chi connectivity index (χ1v) is 11.6. The minimum Gasteiger partial charge on any atom is -0.478 e. The van der Waals surface area contributed by atoms with E-state index >= 15 is 0 Å². The number of aromatic carboxylic acids is 2. The third-order valence-electron chi connectivity index (χ3n) is 3.36. The molecule has 12 heteroatoms. The van der Waals surface area contributed by atoms with Gasteiger partial charge in [0.2, 0.25) is 0 Å². The Bertz CT molecular complexity index is 732. The molecule has 0 atom stereocenters. The summed E-state index contributed by atoms with van der Waals surface area (Å²) in [5.41, 5.74) is -1.16. The predicted octanol–water partition coefficient (Wildman–Crippen LogP) is 2.87. The number of carboxylic acids is 2. The molecular weight excluding hydrogens is 414 g/mol. The number of carbonyl (C=O) groups is 2. The first-order chi connectivity index (χ1) is 13.1. The summed E-state index contributed by atoms with van der Waals surface area (Å²) in [7, 11) is -8.30. The van der Waals surface area contributed by atoms with Gasteiger partial charge in [-0.1, -0.05) is 0 Å². The number of carboxylic acid groups (broad SMARTS) is 2. The van der Waals surface area contributed by atoms with Crippen LogP contribution in [0, 0.1) is 0 Å². The van der Waals surface area contributed by atoms with Crippen LogP contribution >= 0.6 is 15.2 Å². The number of rotatable bonds is 12. The molecule has 0 aliphatic rings. The van der Waals surface area contributed by atoms with E-state index in [0.29, 0.717) is 0 Å². The second-order valence-corrected chi connectivity index (χ2v) is 9.15. The quantitative estimate of drug-likeness (QED) is 0.467. The van der Waals surface area contributed by atoms with Crippen molar-refractivity contribution in [2.75, 3.05) is 26.4 Å². The van der Waals surface area contributed by atoms with Crippen LogP contribution in [0.1, 0.15) is 48.4 Å². The minimum absolute atomic E-state index is 0.0725. The van der Waals surface area contributed by atoms with Crippen molar-refractivity contribution in [2.24, 2.45) is 0 Å². The highest BCUT2D eigenvalue weighted by Crippen LogP contribution is 2.51. The van der Waals surface area contributed by atoms with E-state index in [2.05, 4.69) is 0 Å². The molecule has 0 heterocycles. The van der Waals surface area contributed by atoms with Gasteiger partial charge in [0.25, 0.3) is 0 Å². The van der Waals surface area contributed by atoms with Gasteiger partial charge in [-0.05, 0) is 39.8 Å². The lowest BCUT2D eigenvalue weighted by molar-refractivity contribution is 0.0682. The zero-order chi connectivity index (χ0) is 21.5. The Labute approximate surface area is 162 Å². The summed E-state index contributed by atoms with van der Waals surface area (Å²) < 4.78 is 46.8. The molecule has 0 unspecified atom stereocenters. The fourth-order valence-electron chi connectivity index (χ4n) is 2.41. The predicted molar refractivity (Wildman–Crippen MR) is 101 cm³/mol. The molecule has 10 nitrogen and oxygen atoms in total. The molecule has 0 saturated heterocycles. The Kier molecular flexibility index (Phi) is 9.01. The van der Waals surface area contributed by atoms with Crippen LogP contribution < -0.4 is 10.6 Å². The number of benzene rings is 1. The molecule has 1 aromatic rings. The van der Waals surface area contributed by atoms with Gasteiger partial charge in [0.05, 0.1) is 48.2 Å². The maximum atomic E-state index is 13.1. The van der Waals surface area contributed by atoms with Crippen molar-refractivity contribution in [3.8, 4) is 0 Å². The van der Waals surface area contributed by atoms with E-state index in [1.165, 1.54) is 27.7 Å². The van der Waals surface area contributed by atoms with Crippen molar-refractivity contribution in [3.05, 3.63) is 23.3 Å². The van der Waals surface area contributed by atoms with Crippen LogP contribution in [0.3, 0.4) is 0 Å². The average molecular weight is 438 g/mol. The van der Waals surface area contributed by atoms with Crippen LogP contribution in [0.25, 0.3) is 0 Å². The van der Waals surface area contributed by atoms with Crippen LogP contribution in [0.15, 0.2) is 12.1 Å². The summed E-state index contributed by atoms with van der Waals surface area (Å²) in [5, 5.41) is 18.3. The SMILES string of the molecule is CCOP(=O)(OCC)c1cc(C(=O)O)c(P(=O)(OCC)OCC)cc1C(=O)O. The molecule has 0 amide bonds. The van der Waals surface area contributed by atoms with Gasteiger partial charge in [-0.3, -0.25) is 9.13 Å². The Morgan fingerprint density at radius 1 is 0.714 bits per heavy atom. The average Bonchev–Trinajstić information content (AvgIpc) is 2.61. The molecule has 158 valence electrons. The molecule has 1 aromatic carbocycles. The minimum atomic E-state index is -4.15. The summed E-state index contributed by atoms with van der Waals surface area (Å²) in [5.74, 6) is -3.07. The molecule has 0 radical (unpaired) electrons. The molecule has 28 heavy (non-hydrogen) atoms. The van der Waals surface area contributed by atoms with E-state index in [4.69, 9.17) is 18.1 Å². The highest BCUT2D eigenvalue weighted by molar-refractivity contribution is 7.63. The van der Waals surface area contributed by atoms with Crippen LogP contribution in [0.5, 0.6) is 0 Å². The summed E-state index contributed by atoms with van der Waals surface area (Å²) in [6.07, 6.45) is 0. The van der Waals surface area contributed by atoms with E-state index in [0.717, 1.165) is 12.1 Å². The molecular formula is C16H24O10P2.